The lowest BCUT2D eigenvalue weighted by atomic mass is 10.0. The van der Waals surface area contributed by atoms with Gasteiger partial charge in [-0.05, 0) is 31.9 Å². The van der Waals surface area contributed by atoms with Crippen LogP contribution in [0.15, 0.2) is 21.3 Å². The summed E-state index contributed by atoms with van der Waals surface area (Å²) < 4.78 is 15.7. The Kier molecular flexibility index (Phi) is 6.85. The molecule has 27 heavy (non-hydrogen) atoms. The zero-order valence-corrected chi connectivity index (χ0v) is 16.5. The number of rotatable bonds is 7. The number of nitrogens with zero attached hydrogens (tertiary/aromatic N) is 1. The molecule has 2 aromatic rings. The molecule has 0 bridgehead atoms. The van der Waals surface area contributed by atoms with Gasteiger partial charge < -0.3 is 18.8 Å². The molecule has 0 atom stereocenters. The Hall–Kier alpha value is -2.54. The monoisotopic (exact) mass is 395 g/mol. The normalized spacial score (nSPS) is 10.7. The van der Waals surface area contributed by atoms with E-state index in [0.717, 1.165) is 0 Å². The molecule has 0 aliphatic carbocycles. The number of halogens is 1. The Labute approximate surface area is 161 Å². The van der Waals surface area contributed by atoms with Crippen molar-refractivity contribution < 1.29 is 23.5 Å². The number of esters is 1. The van der Waals surface area contributed by atoms with Crippen molar-refractivity contribution in [1.82, 2.24) is 4.90 Å². The number of hydrogen-bond acceptors (Lipinski definition) is 6. The van der Waals surface area contributed by atoms with Crippen molar-refractivity contribution in [3.63, 3.8) is 0 Å². The second-order valence-electron chi connectivity index (χ2n) is 6.15. The average molecular weight is 396 g/mol. The first-order valence-electron chi connectivity index (χ1n) is 8.49. The summed E-state index contributed by atoms with van der Waals surface area (Å²) in [5.74, 6) is -0.344. The lowest BCUT2D eigenvalue weighted by Crippen LogP contribution is -2.27. The highest BCUT2D eigenvalue weighted by atomic mass is 35.5. The second-order valence-corrected chi connectivity index (χ2v) is 6.56. The van der Waals surface area contributed by atoms with Gasteiger partial charge in [-0.15, -0.1) is 0 Å². The third-order valence-electron chi connectivity index (χ3n) is 4.07. The molecule has 146 valence electrons. The first-order valence-corrected chi connectivity index (χ1v) is 8.86. The standard InChI is InChI=1S/C19H22ClNO6/c1-5-25-18(23)7-6-12-11(2)13-8-14(20)16(9-15(13)27-19(12)24)26-10-17(22)21(3)4/h8-9H,5-7,10H2,1-4H3. The summed E-state index contributed by atoms with van der Waals surface area (Å²) in [5.41, 5.74) is 0.863. The van der Waals surface area contributed by atoms with Crippen molar-refractivity contribution in [1.29, 1.82) is 0 Å². The number of fused-ring (bicyclic) bond motifs is 1. The minimum atomic E-state index is -0.526. The number of carbonyl (C=O) groups is 2. The molecule has 1 amide bonds. The van der Waals surface area contributed by atoms with E-state index in [1.165, 1.54) is 11.0 Å². The van der Waals surface area contributed by atoms with Gasteiger partial charge in [0.1, 0.15) is 11.3 Å². The van der Waals surface area contributed by atoms with E-state index >= 15 is 0 Å². The van der Waals surface area contributed by atoms with Crippen LogP contribution in [0.5, 0.6) is 5.75 Å². The molecule has 0 N–H and O–H groups in total. The van der Waals surface area contributed by atoms with Crippen LogP contribution >= 0.6 is 11.6 Å². The Balaban J connectivity index is 2.32. The van der Waals surface area contributed by atoms with Gasteiger partial charge >= 0.3 is 11.6 Å². The number of hydrogen-bond donors (Lipinski definition) is 0. The van der Waals surface area contributed by atoms with E-state index in [9.17, 15) is 14.4 Å². The number of carbonyl (C=O) groups excluding carboxylic acids is 2. The highest BCUT2D eigenvalue weighted by molar-refractivity contribution is 6.32. The third kappa shape index (κ3) is 5.01. The molecule has 0 spiro atoms. The smallest absolute Gasteiger partial charge is 0.339 e. The molecule has 7 nitrogen and oxygen atoms in total. The molecule has 0 radical (unpaired) electrons. The molecule has 0 saturated carbocycles. The molecular formula is C19H22ClNO6. The highest BCUT2D eigenvalue weighted by Crippen LogP contribution is 2.32. The van der Waals surface area contributed by atoms with Crippen molar-refractivity contribution >= 4 is 34.4 Å². The second kappa shape index (κ2) is 8.90. The minimum Gasteiger partial charge on any atom is -0.482 e. The Morgan fingerprint density at radius 3 is 2.59 bits per heavy atom. The van der Waals surface area contributed by atoms with E-state index in [2.05, 4.69) is 0 Å². The van der Waals surface area contributed by atoms with Gasteiger partial charge in [0.25, 0.3) is 5.91 Å². The van der Waals surface area contributed by atoms with Crippen LogP contribution in [0.4, 0.5) is 0 Å². The fourth-order valence-electron chi connectivity index (χ4n) is 2.52. The van der Waals surface area contributed by atoms with Gasteiger partial charge in [0.2, 0.25) is 0 Å². The van der Waals surface area contributed by atoms with Gasteiger partial charge in [0.05, 0.1) is 11.6 Å². The van der Waals surface area contributed by atoms with E-state index in [1.54, 1.807) is 34.0 Å². The van der Waals surface area contributed by atoms with E-state index in [4.69, 9.17) is 25.5 Å². The lowest BCUT2D eigenvalue weighted by Gasteiger charge is -2.13. The van der Waals surface area contributed by atoms with Gasteiger partial charge in [-0.2, -0.15) is 0 Å². The van der Waals surface area contributed by atoms with Crippen LogP contribution in [0.3, 0.4) is 0 Å². The maximum absolute atomic E-state index is 12.3. The van der Waals surface area contributed by atoms with Crippen LogP contribution in [0, 0.1) is 6.92 Å². The van der Waals surface area contributed by atoms with Crippen LogP contribution in [-0.2, 0) is 20.7 Å². The van der Waals surface area contributed by atoms with E-state index in [1.807, 2.05) is 0 Å². The highest BCUT2D eigenvalue weighted by Gasteiger charge is 2.16. The largest absolute Gasteiger partial charge is 0.482 e. The Morgan fingerprint density at radius 2 is 1.96 bits per heavy atom. The number of aryl methyl sites for hydroxylation is 1. The van der Waals surface area contributed by atoms with Crippen LogP contribution in [0.25, 0.3) is 11.0 Å². The minimum absolute atomic E-state index is 0.0898. The quantitative estimate of drug-likeness (QED) is 0.529. The summed E-state index contributed by atoms with van der Waals surface area (Å²) in [4.78, 5) is 36.9. The molecular weight excluding hydrogens is 374 g/mol. The average Bonchev–Trinajstić information content (AvgIpc) is 2.60. The number of likely N-dealkylation sites (N-methyl/N-ethyl adjacent to an activating group) is 1. The van der Waals surface area contributed by atoms with E-state index < -0.39 is 5.63 Å². The Morgan fingerprint density at radius 1 is 1.26 bits per heavy atom. The molecule has 8 heteroatoms. The number of ether oxygens (including phenoxy) is 2. The summed E-state index contributed by atoms with van der Waals surface area (Å²) in [6.45, 7) is 3.60. The summed E-state index contributed by atoms with van der Waals surface area (Å²) >= 11 is 6.26. The molecule has 0 aliphatic heterocycles. The number of benzene rings is 1. The van der Waals surface area contributed by atoms with E-state index in [0.29, 0.717) is 33.7 Å². The van der Waals surface area contributed by atoms with Gasteiger partial charge in [0, 0.05) is 37.5 Å². The molecule has 1 aromatic heterocycles. The molecule has 1 aromatic carbocycles. The third-order valence-corrected chi connectivity index (χ3v) is 4.37. The van der Waals surface area contributed by atoms with Crippen LogP contribution in [0.2, 0.25) is 5.02 Å². The Bertz CT molecular complexity index is 919. The maximum Gasteiger partial charge on any atom is 0.339 e. The zero-order valence-electron chi connectivity index (χ0n) is 15.8. The van der Waals surface area contributed by atoms with E-state index in [-0.39, 0.29) is 37.1 Å². The molecule has 2 rings (SSSR count). The molecule has 0 unspecified atom stereocenters. The summed E-state index contributed by atoms with van der Waals surface area (Å²) in [5, 5.41) is 0.937. The summed E-state index contributed by atoms with van der Waals surface area (Å²) in [6.07, 6.45) is 0.308. The van der Waals surface area contributed by atoms with Gasteiger partial charge in [0.15, 0.2) is 6.61 Å². The number of amides is 1. The van der Waals surface area contributed by atoms with Crippen molar-refractivity contribution in [3.05, 3.63) is 38.7 Å². The predicted octanol–water partition coefficient (Wildman–Crippen LogP) is 2.72. The molecule has 0 saturated heterocycles. The van der Waals surface area contributed by atoms with Gasteiger partial charge in [-0.1, -0.05) is 11.6 Å². The van der Waals surface area contributed by atoms with Crippen molar-refractivity contribution in [3.8, 4) is 5.75 Å². The van der Waals surface area contributed by atoms with Gasteiger partial charge in [-0.25, -0.2) is 4.79 Å². The van der Waals surface area contributed by atoms with Crippen molar-refractivity contribution in [2.45, 2.75) is 26.7 Å². The van der Waals surface area contributed by atoms with Crippen LogP contribution in [-0.4, -0.2) is 44.1 Å². The molecule has 0 fully saturated rings. The molecule has 1 heterocycles. The topological polar surface area (TPSA) is 86.1 Å². The lowest BCUT2D eigenvalue weighted by molar-refractivity contribution is -0.143. The fourth-order valence-corrected chi connectivity index (χ4v) is 2.74. The first kappa shape index (κ1) is 20.8. The van der Waals surface area contributed by atoms with Crippen molar-refractivity contribution in [2.75, 3.05) is 27.3 Å². The van der Waals surface area contributed by atoms with Crippen molar-refractivity contribution in [2.24, 2.45) is 0 Å². The first-order chi connectivity index (χ1) is 12.7. The van der Waals surface area contributed by atoms with Crippen LogP contribution in [0.1, 0.15) is 24.5 Å². The molecule has 0 aliphatic rings. The fraction of sp³-hybridized carbons (Fsp3) is 0.421. The summed E-state index contributed by atoms with van der Waals surface area (Å²) in [6, 6.07) is 3.11. The van der Waals surface area contributed by atoms with Gasteiger partial charge in [-0.3, -0.25) is 9.59 Å². The van der Waals surface area contributed by atoms with Crippen LogP contribution < -0.4 is 10.4 Å². The predicted molar refractivity (Wildman–Crippen MR) is 101 cm³/mol. The summed E-state index contributed by atoms with van der Waals surface area (Å²) in [7, 11) is 3.24. The maximum atomic E-state index is 12.3. The SMILES string of the molecule is CCOC(=O)CCc1c(C)c2cc(Cl)c(OCC(=O)N(C)C)cc2oc1=O. The zero-order chi connectivity index (χ0) is 20.1.